The van der Waals surface area contributed by atoms with Gasteiger partial charge in [-0.05, 0) is 25.1 Å². The molecule has 0 fully saturated rings. The molecule has 0 amide bonds. The molecule has 0 aliphatic rings. The fraction of sp³-hybridized carbons (Fsp3) is 0.375. The predicted molar refractivity (Wildman–Crippen MR) is 60.1 cm³/mol. The zero-order valence-corrected chi connectivity index (χ0v) is 9.97. The number of carbonyl (C=O) groups is 1. The van der Waals surface area contributed by atoms with Crippen molar-refractivity contribution in [2.45, 2.75) is 10.6 Å². The molecule has 1 aromatic rings. The van der Waals surface area contributed by atoms with E-state index >= 15 is 0 Å². The van der Waals surface area contributed by atoms with Crippen molar-refractivity contribution in [3.05, 3.63) is 17.0 Å². The van der Waals surface area contributed by atoms with Gasteiger partial charge in [0.1, 0.15) is 9.09 Å². The number of nitrogens with one attached hydrogen (secondary N) is 1. The van der Waals surface area contributed by atoms with Gasteiger partial charge in [0.05, 0.1) is 0 Å². The van der Waals surface area contributed by atoms with Gasteiger partial charge in [-0.15, -0.1) is 11.3 Å². The number of hydrogen-bond acceptors (Lipinski definition) is 5. The average molecular weight is 264 g/mol. The molecule has 0 spiro atoms. The third-order valence-electron chi connectivity index (χ3n) is 1.73. The Bertz CT molecular complexity index is 466. The highest BCUT2D eigenvalue weighted by Crippen LogP contribution is 2.21. The van der Waals surface area contributed by atoms with Crippen molar-refractivity contribution in [2.24, 2.45) is 5.73 Å². The summed E-state index contributed by atoms with van der Waals surface area (Å²) in [6.07, 6.45) is 0.538. The summed E-state index contributed by atoms with van der Waals surface area (Å²) >= 11 is 0.725. The van der Waals surface area contributed by atoms with E-state index in [4.69, 9.17) is 10.8 Å². The number of sulfonamides is 1. The minimum Gasteiger partial charge on any atom is -0.477 e. The van der Waals surface area contributed by atoms with Crippen LogP contribution in [0.2, 0.25) is 0 Å². The van der Waals surface area contributed by atoms with Gasteiger partial charge in [-0.1, -0.05) is 0 Å². The zero-order valence-electron chi connectivity index (χ0n) is 8.34. The van der Waals surface area contributed by atoms with Crippen molar-refractivity contribution >= 4 is 27.3 Å². The number of aromatic carboxylic acids is 1. The minimum atomic E-state index is -3.60. The van der Waals surface area contributed by atoms with Crippen molar-refractivity contribution in [1.29, 1.82) is 0 Å². The van der Waals surface area contributed by atoms with Gasteiger partial charge >= 0.3 is 5.97 Å². The molecule has 1 rings (SSSR count). The molecule has 0 aliphatic heterocycles. The average Bonchev–Trinajstić information content (AvgIpc) is 2.67. The second-order valence-electron chi connectivity index (χ2n) is 2.96. The van der Waals surface area contributed by atoms with Crippen molar-refractivity contribution in [3.8, 4) is 0 Å². The van der Waals surface area contributed by atoms with Crippen molar-refractivity contribution < 1.29 is 18.3 Å². The van der Waals surface area contributed by atoms with E-state index in [0.29, 0.717) is 13.0 Å². The van der Waals surface area contributed by atoms with E-state index < -0.39 is 16.0 Å². The van der Waals surface area contributed by atoms with Crippen LogP contribution in [0.1, 0.15) is 16.1 Å². The predicted octanol–water partition coefficient (Wildman–Crippen LogP) is 0.0734. The highest BCUT2D eigenvalue weighted by atomic mass is 32.2. The number of hydrogen-bond donors (Lipinski definition) is 3. The molecule has 6 nitrogen and oxygen atoms in total. The van der Waals surface area contributed by atoms with Gasteiger partial charge < -0.3 is 10.8 Å². The largest absolute Gasteiger partial charge is 0.477 e. The van der Waals surface area contributed by atoms with Crippen LogP contribution in [0.5, 0.6) is 0 Å². The lowest BCUT2D eigenvalue weighted by Crippen LogP contribution is -2.25. The van der Waals surface area contributed by atoms with E-state index in [1.54, 1.807) is 0 Å². The quantitative estimate of drug-likeness (QED) is 0.630. The fourth-order valence-electron chi connectivity index (χ4n) is 0.959. The van der Waals surface area contributed by atoms with Crippen molar-refractivity contribution in [2.75, 3.05) is 13.1 Å². The molecular formula is C8H12N2O4S2. The van der Waals surface area contributed by atoms with E-state index in [0.717, 1.165) is 11.3 Å². The van der Waals surface area contributed by atoms with Crippen LogP contribution in [0, 0.1) is 0 Å². The molecule has 1 aromatic heterocycles. The van der Waals surface area contributed by atoms with Crippen molar-refractivity contribution in [1.82, 2.24) is 4.72 Å². The molecule has 0 radical (unpaired) electrons. The smallest absolute Gasteiger partial charge is 0.345 e. The first-order valence-corrected chi connectivity index (χ1v) is 6.80. The minimum absolute atomic E-state index is 0.000741. The lowest BCUT2D eigenvalue weighted by molar-refractivity contribution is 0.0702. The van der Waals surface area contributed by atoms with E-state index in [9.17, 15) is 13.2 Å². The lowest BCUT2D eigenvalue weighted by Gasteiger charge is -2.02. The molecule has 4 N–H and O–H groups in total. The van der Waals surface area contributed by atoms with Gasteiger partial charge in [0.2, 0.25) is 10.0 Å². The molecule has 0 aliphatic carbocycles. The van der Waals surface area contributed by atoms with E-state index in [-0.39, 0.29) is 15.6 Å². The number of carboxylic acid groups (broad SMARTS) is 1. The van der Waals surface area contributed by atoms with E-state index in [1.165, 1.54) is 12.1 Å². The summed E-state index contributed by atoms with van der Waals surface area (Å²) in [4.78, 5) is 10.6. The SMILES string of the molecule is NCCCNS(=O)(=O)c1ccc(C(=O)O)s1. The zero-order chi connectivity index (χ0) is 12.2. The van der Waals surface area contributed by atoms with Crippen LogP contribution in [0.4, 0.5) is 0 Å². The molecule has 16 heavy (non-hydrogen) atoms. The molecule has 0 atom stereocenters. The standard InChI is InChI=1S/C8H12N2O4S2/c9-4-1-5-10-16(13,14)7-3-2-6(15-7)8(11)12/h2-3,10H,1,4-5,9H2,(H,11,12). The first kappa shape index (κ1) is 13.1. The Morgan fingerprint density at radius 3 is 2.69 bits per heavy atom. The molecule has 0 aromatic carbocycles. The van der Waals surface area contributed by atoms with Crippen LogP contribution in [0.15, 0.2) is 16.3 Å². The maximum atomic E-state index is 11.6. The van der Waals surface area contributed by atoms with E-state index in [2.05, 4.69) is 4.72 Å². The summed E-state index contributed by atoms with van der Waals surface area (Å²) in [7, 11) is -3.60. The fourth-order valence-corrected chi connectivity index (χ4v) is 3.22. The number of carboxylic acids is 1. The number of rotatable bonds is 6. The summed E-state index contributed by atoms with van der Waals surface area (Å²) in [5.41, 5.74) is 5.23. The molecule has 0 unspecified atom stereocenters. The van der Waals surface area contributed by atoms with Gasteiger partial charge in [0, 0.05) is 6.54 Å². The van der Waals surface area contributed by atoms with Crippen LogP contribution >= 0.6 is 11.3 Å². The molecule has 0 saturated carbocycles. The lowest BCUT2D eigenvalue weighted by atomic mass is 10.4. The number of nitrogens with two attached hydrogens (primary N) is 1. The normalized spacial score (nSPS) is 11.6. The van der Waals surface area contributed by atoms with Gasteiger partial charge in [0.15, 0.2) is 0 Å². The first-order valence-electron chi connectivity index (χ1n) is 4.50. The third kappa shape index (κ3) is 3.27. The Balaban J connectivity index is 2.78. The second-order valence-corrected chi connectivity index (χ2v) is 6.04. The summed E-state index contributed by atoms with van der Waals surface area (Å²) in [5, 5.41) is 8.66. The third-order valence-corrected chi connectivity index (χ3v) is 4.76. The van der Waals surface area contributed by atoms with Gasteiger partial charge in [-0.3, -0.25) is 0 Å². The molecule has 90 valence electrons. The molecule has 1 heterocycles. The molecule has 0 bridgehead atoms. The Kier molecular flexibility index (Phi) is 4.42. The molecular weight excluding hydrogens is 252 g/mol. The van der Waals surface area contributed by atoms with Gasteiger partial charge in [-0.25, -0.2) is 17.9 Å². The highest BCUT2D eigenvalue weighted by molar-refractivity contribution is 7.91. The summed E-state index contributed by atoms with van der Waals surface area (Å²) in [6.45, 7) is 0.645. The van der Waals surface area contributed by atoms with Crippen LogP contribution in [0.25, 0.3) is 0 Å². The highest BCUT2D eigenvalue weighted by Gasteiger charge is 2.18. The monoisotopic (exact) mass is 264 g/mol. The molecule has 8 heteroatoms. The van der Waals surface area contributed by atoms with Crippen LogP contribution in [-0.4, -0.2) is 32.6 Å². The maximum absolute atomic E-state index is 11.6. The Labute approximate surface area is 97.1 Å². The van der Waals surface area contributed by atoms with E-state index in [1.807, 2.05) is 0 Å². The molecule has 0 saturated heterocycles. The van der Waals surface area contributed by atoms with Crippen molar-refractivity contribution in [3.63, 3.8) is 0 Å². The Morgan fingerprint density at radius 2 is 2.19 bits per heavy atom. The Hall–Kier alpha value is -0.960. The maximum Gasteiger partial charge on any atom is 0.345 e. The number of thiophene rings is 1. The first-order chi connectivity index (χ1) is 7.47. The summed E-state index contributed by atoms with van der Waals surface area (Å²) in [6, 6.07) is 2.55. The summed E-state index contributed by atoms with van der Waals surface area (Å²) in [5.74, 6) is -1.13. The Morgan fingerprint density at radius 1 is 1.50 bits per heavy atom. The second kappa shape index (κ2) is 5.39. The van der Waals surface area contributed by atoms with Crippen LogP contribution < -0.4 is 10.5 Å². The van der Waals surface area contributed by atoms with Crippen LogP contribution in [-0.2, 0) is 10.0 Å². The summed E-state index contributed by atoms with van der Waals surface area (Å²) < 4.78 is 25.6. The van der Waals surface area contributed by atoms with Crippen LogP contribution in [0.3, 0.4) is 0 Å². The topological polar surface area (TPSA) is 109 Å². The van der Waals surface area contributed by atoms with Gasteiger partial charge in [-0.2, -0.15) is 0 Å². The van der Waals surface area contributed by atoms with Gasteiger partial charge in [0.25, 0.3) is 0 Å².